The lowest BCUT2D eigenvalue weighted by molar-refractivity contribution is -0.115. The van der Waals surface area contributed by atoms with Gasteiger partial charge in [0.1, 0.15) is 0 Å². The van der Waals surface area contributed by atoms with Crippen molar-refractivity contribution in [2.24, 2.45) is 0 Å². The van der Waals surface area contributed by atoms with Crippen LogP contribution in [-0.2, 0) is 11.2 Å². The van der Waals surface area contributed by atoms with E-state index in [0.29, 0.717) is 22.3 Å². The fourth-order valence-corrected chi connectivity index (χ4v) is 3.90. The second-order valence-corrected chi connectivity index (χ2v) is 7.84. The molecule has 0 radical (unpaired) electrons. The van der Waals surface area contributed by atoms with Crippen molar-refractivity contribution in [3.8, 4) is 0 Å². The summed E-state index contributed by atoms with van der Waals surface area (Å²) in [6.07, 6.45) is 1.69. The molecule has 3 aromatic rings. The van der Waals surface area contributed by atoms with Gasteiger partial charge in [-0.1, -0.05) is 6.07 Å². The Hall–Kier alpha value is -3.55. The van der Waals surface area contributed by atoms with E-state index >= 15 is 0 Å². The summed E-state index contributed by atoms with van der Waals surface area (Å²) in [7, 11) is 0. The Morgan fingerprint density at radius 1 is 1.13 bits per heavy atom. The Morgan fingerprint density at radius 3 is 2.73 bits per heavy atom. The molecule has 30 heavy (non-hydrogen) atoms. The van der Waals surface area contributed by atoms with Crippen molar-refractivity contribution in [3.05, 3.63) is 58.0 Å². The number of hydrogen-bond donors (Lipinski definition) is 4. The zero-order chi connectivity index (χ0) is 21.3. The minimum atomic E-state index is -0.282. The highest BCUT2D eigenvalue weighted by atomic mass is 16.2. The van der Waals surface area contributed by atoms with E-state index in [0.717, 1.165) is 30.6 Å². The number of amides is 2. The molecule has 0 aliphatic carbocycles. The number of hydrogen-bond acceptors (Lipinski definition) is 4. The van der Waals surface area contributed by atoms with Crippen LogP contribution >= 0.6 is 0 Å². The number of H-pyrrole nitrogens is 2. The van der Waals surface area contributed by atoms with Crippen LogP contribution in [0, 0.1) is 0 Å². The Balaban J connectivity index is 1.51. The van der Waals surface area contributed by atoms with Gasteiger partial charge in [0.2, 0.25) is 5.91 Å². The summed E-state index contributed by atoms with van der Waals surface area (Å²) in [5.74, 6) is -0.237. The highest BCUT2D eigenvalue weighted by Gasteiger charge is 2.24. The number of imidazole rings is 1. The van der Waals surface area contributed by atoms with E-state index in [-0.39, 0.29) is 30.1 Å². The van der Waals surface area contributed by atoms with Gasteiger partial charge in [0.15, 0.2) is 0 Å². The van der Waals surface area contributed by atoms with Crippen LogP contribution in [0.5, 0.6) is 0 Å². The number of nitrogens with zero attached hydrogens (tertiary/aromatic N) is 1. The third-order valence-corrected chi connectivity index (χ3v) is 5.15. The fraction of sp³-hybridized carbons (Fsp3) is 0.318. The topological polar surface area (TPSA) is 110 Å². The van der Waals surface area contributed by atoms with Crippen LogP contribution in [0.25, 0.3) is 11.0 Å². The predicted molar refractivity (Wildman–Crippen MR) is 117 cm³/mol. The average molecular weight is 407 g/mol. The summed E-state index contributed by atoms with van der Waals surface area (Å²) in [6, 6.07) is 11.0. The first-order chi connectivity index (χ1) is 14.4. The van der Waals surface area contributed by atoms with Crippen molar-refractivity contribution >= 4 is 34.2 Å². The van der Waals surface area contributed by atoms with Gasteiger partial charge >= 0.3 is 5.69 Å². The van der Waals surface area contributed by atoms with Crippen LogP contribution < -0.4 is 21.2 Å². The Kier molecular flexibility index (Phi) is 5.31. The zero-order valence-electron chi connectivity index (χ0n) is 17.0. The van der Waals surface area contributed by atoms with E-state index < -0.39 is 0 Å². The third kappa shape index (κ3) is 4.07. The van der Waals surface area contributed by atoms with E-state index in [9.17, 15) is 14.4 Å². The highest BCUT2D eigenvalue weighted by Crippen LogP contribution is 2.30. The van der Waals surface area contributed by atoms with E-state index in [4.69, 9.17) is 0 Å². The van der Waals surface area contributed by atoms with Gasteiger partial charge in [-0.05, 0) is 62.6 Å². The van der Waals surface area contributed by atoms with Crippen molar-refractivity contribution in [1.82, 2.24) is 15.3 Å². The molecule has 0 unspecified atom stereocenters. The van der Waals surface area contributed by atoms with Gasteiger partial charge < -0.3 is 25.5 Å². The molecule has 4 rings (SSSR count). The summed E-state index contributed by atoms with van der Waals surface area (Å²) >= 11 is 0. The predicted octanol–water partition coefficient (Wildman–Crippen LogP) is 2.39. The molecule has 8 nitrogen and oxygen atoms in total. The minimum absolute atomic E-state index is 0.0612. The van der Waals surface area contributed by atoms with Crippen molar-refractivity contribution in [2.75, 3.05) is 23.3 Å². The number of carbonyl (C=O) groups excluding carboxylic acids is 2. The maximum atomic E-state index is 12.7. The number of rotatable bonds is 5. The second-order valence-electron chi connectivity index (χ2n) is 7.84. The molecular weight excluding hydrogens is 382 g/mol. The molecule has 0 spiro atoms. The quantitative estimate of drug-likeness (QED) is 0.520. The number of carbonyl (C=O) groups is 2. The molecule has 0 saturated heterocycles. The molecule has 4 N–H and O–H groups in total. The van der Waals surface area contributed by atoms with Crippen molar-refractivity contribution in [2.45, 2.75) is 32.7 Å². The highest BCUT2D eigenvalue weighted by molar-refractivity contribution is 5.99. The van der Waals surface area contributed by atoms with E-state index in [1.807, 2.05) is 36.9 Å². The van der Waals surface area contributed by atoms with Crippen LogP contribution in [-0.4, -0.2) is 40.9 Å². The molecule has 156 valence electrons. The second kappa shape index (κ2) is 8.06. The van der Waals surface area contributed by atoms with Crippen LogP contribution in [0.2, 0.25) is 0 Å². The Morgan fingerprint density at radius 2 is 1.93 bits per heavy atom. The first kappa shape index (κ1) is 19.8. The van der Waals surface area contributed by atoms with Gasteiger partial charge in [0.25, 0.3) is 5.91 Å². The summed E-state index contributed by atoms with van der Waals surface area (Å²) in [5, 5.41) is 5.84. The van der Waals surface area contributed by atoms with Gasteiger partial charge in [-0.2, -0.15) is 0 Å². The third-order valence-electron chi connectivity index (χ3n) is 5.15. The van der Waals surface area contributed by atoms with Crippen molar-refractivity contribution in [3.63, 3.8) is 0 Å². The fourth-order valence-electron chi connectivity index (χ4n) is 3.90. The zero-order valence-corrected chi connectivity index (χ0v) is 17.0. The molecule has 2 amide bonds. The van der Waals surface area contributed by atoms with E-state index in [2.05, 4.69) is 20.6 Å². The maximum Gasteiger partial charge on any atom is 0.323 e. The number of anilines is 2. The molecule has 2 aromatic carbocycles. The lowest BCUT2D eigenvalue weighted by Crippen LogP contribution is -2.38. The number of fused-ring (bicyclic) bond motifs is 2. The molecule has 0 fully saturated rings. The van der Waals surface area contributed by atoms with Crippen molar-refractivity contribution in [1.29, 1.82) is 0 Å². The number of aromatic nitrogens is 2. The van der Waals surface area contributed by atoms with Crippen LogP contribution in [0.4, 0.5) is 11.4 Å². The SMILES string of the molecule is CC(C)NC(=O)c1cccc2c1CCCN2CC(=O)Nc1ccc2[nH]c(=O)[nH]c2c1. The van der Waals surface area contributed by atoms with Gasteiger partial charge in [-0.25, -0.2) is 4.79 Å². The average Bonchev–Trinajstić information content (AvgIpc) is 3.06. The van der Waals surface area contributed by atoms with Gasteiger partial charge in [0, 0.05) is 29.5 Å². The van der Waals surface area contributed by atoms with Crippen molar-refractivity contribution < 1.29 is 9.59 Å². The summed E-state index contributed by atoms with van der Waals surface area (Å²) < 4.78 is 0. The lowest BCUT2D eigenvalue weighted by Gasteiger charge is -2.32. The Bertz CT molecular complexity index is 1160. The molecular formula is C22H25N5O3. The standard InChI is InChI=1S/C22H25N5O3/c1-13(2)23-21(29)16-5-3-7-19-15(16)6-4-10-27(19)12-20(28)24-14-8-9-17-18(11-14)26-22(30)25-17/h3,5,7-9,11,13H,4,6,10,12H2,1-2H3,(H,23,29)(H,24,28)(H2,25,26,30). The molecule has 1 aromatic heterocycles. The van der Waals surface area contributed by atoms with Crippen LogP contribution in [0.1, 0.15) is 36.2 Å². The lowest BCUT2D eigenvalue weighted by atomic mass is 9.95. The molecule has 0 saturated carbocycles. The summed E-state index contributed by atoms with van der Waals surface area (Å²) in [5.41, 5.74) is 4.25. The summed E-state index contributed by atoms with van der Waals surface area (Å²) in [4.78, 5) is 44.0. The normalized spacial score (nSPS) is 13.4. The number of nitrogens with one attached hydrogen (secondary N) is 4. The van der Waals surface area contributed by atoms with Gasteiger partial charge in [-0.15, -0.1) is 0 Å². The largest absolute Gasteiger partial charge is 0.362 e. The molecule has 8 heteroatoms. The smallest absolute Gasteiger partial charge is 0.323 e. The van der Waals surface area contributed by atoms with E-state index in [1.165, 1.54) is 0 Å². The van der Waals surface area contributed by atoms with Crippen LogP contribution in [0.3, 0.4) is 0 Å². The van der Waals surface area contributed by atoms with Gasteiger partial charge in [0.05, 0.1) is 17.6 Å². The molecule has 2 heterocycles. The van der Waals surface area contributed by atoms with Crippen LogP contribution in [0.15, 0.2) is 41.2 Å². The monoisotopic (exact) mass is 407 g/mol. The number of aromatic amines is 2. The molecule has 0 atom stereocenters. The Labute approximate surface area is 173 Å². The van der Waals surface area contributed by atoms with Gasteiger partial charge in [-0.3, -0.25) is 9.59 Å². The van der Waals surface area contributed by atoms with E-state index in [1.54, 1.807) is 18.2 Å². The first-order valence-corrected chi connectivity index (χ1v) is 10.1. The molecule has 1 aliphatic rings. The minimum Gasteiger partial charge on any atom is -0.362 e. The first-order valence-electron chi connectivity index (χ1n) is 10.1. The maximum absolute atomic E-state index is 12.7. The molecule has 1 aliphatic heterocycles. The molecule has 0 bridgehead atoms. The number of benzene rings is 2. The summed E-state index contributed by atoms with van der Waals surface area (Å²) in [6.45, 7) is 4.80.